The number of likely N-dealkylation sites (tertiary alicyclic amines) is 1. The highest BCUT2D eigenvalue weighted by Crippen LogP contribution is 2.59. The number of nitrogens with zero attached hydrogens (tertiary/aromatic N) is 1. The van der Waals surface area contributed by atoms with Gasteiger partial charge in [0.15, 0.2) is 0 Å². The molecule has 1 saturated heterocycles. The van der Waals surface area contributed by atoms with E-state index in [4.69, 9.17) is 0 Å². The van der Waals surface area contributed by atoms with E-state index < -0.39 is 0 Å². The van der Waals surface area contributed by atoms with Gasteiger partial charge in [-0.15, -0.1) is 0 Å². The minimum Gasteiger partial charge on any atom is -0.274 e. The van der Waals surface area contributed by atoms with Gasteiger partial charge in [-0.1, -0.05) is 6.58 Å². The van der Waals surface area contributed by atoms with Crippen molar-refractivity contribution in [2.75, 3.05) is 0 Å². The maximum Gasteiger partial charge on any atom is 0.256 e. The Labute approximate surface area is 95.5 Å². The summed E-state index contributed by atoms with van der Waals surface area (Å²) < 4.78 is 0. The fraction of sp³-hybridized carbons (Fsp3) is 0.692. The molecule has 0 aromatic heterocycles. The predicted octanol–water partition coefficient (Wildman–Crippen LogP) is 1.88. The number of carbonyl (C=O) groups excluding carboxylic acids is 2. The van der Waals surface area contributed by atoms with Crippen LogP contribution in [-0.2, 0) is 9.59 Å². The lowest BCUT2D eigenvalue weighted by atomic mass is 9.71. The fourth-order valence-electron chi connectivity index (χ4n) is 3.99. The summed E-state index contributed by atoms with van der Waals surface area (Å²) in [5.41, 5.74) is 0.381. The highest BCUT2D eigenvalue weighted by atomic mass is 16.2. The molecule has 1 heterocycles. The largest absolute Gasteiger partial charge is 0.274 e. The summed E-state index contributed by atoms with van der Waals surface area (Å²) >= 11 is 0. The van der Waals surface area contributed by atoms with E-state index >= 15 is 0 Å². The molecule has 3 rings (SSSR count). The van der Waals surface area contributed by atoms with Crippen molar-refractivity contribution in [3.05, 3.63) is 12.2 Å². The van der Waals surface area contributed by atoms with Crippen LogP contribution in [0.5, 0.6) is 0 Å². The number of amides is 2. The van der Waals surface area contributed by atoms with Crippen LogP contribution in [0, 0.1) is 11.8 Å². The number of imide groups is 1. The molecule has 2 amide bonds. The first kappa shape index (κ1) is 10.1. The smallest absolute Gasteiger partial charge is 0.256 e. The van der Waals surface area contributed by atoms with Gasteiger partial charge < -0.3 is 0 Å². The molecule has 1 spiro atoms. The molecule has 0 aromatic rings. The second-order valence-electron chi connectivity index (χ2n) is 5.68. The number of rotatable bonds is 1. The third-order valence-corrected chi connectivity index (χ3v) is 4.66. The summed E-state index contributed by atoms with van der Waals surface area (Å²) in [5, 5.41) is 0. The molecular formula is C13H17NO2. The van der Waals surface area contributed by atoms with Crippen molar-refractivity contribution in [2.24, 2.45) is 11.8 Å². The van der Waals surface area contributed by atoms with E-state index in [-0.39, 0.29) is 17.4 Å². The second-order valence-corrected chi connectivity index (χ2v) is 5.68. The summed E-state index contributed by atoms with van der Waals surface area (Å²) in [5.74, 6) is 1.17. The van der Waals surface area contributed by atoms with Gasteiger partial charge in [-0.2, -0.15) is 0 Å². The average Bonchev–Trinajstić information content (AvgIpc) is 2.77. The van der Waals surface area contributed by atoms with Crippen molar-refractivity contribution >= 4 is 11.8 Å². The third-order valence-electron chi connectivity index (χ3n) is 4.66. The minimum absolute atomic E-state index is 0.000509. The maximum absolute atomic E-state index is 12.0. The molecule has 16 heavy (non-hydrogen) atoms. The van der Waals surface area contributed by atoms with Crippen molar-refractivity contribution in [3.63, 3.8) is 0 Å². The summed E-state index contributed by atoms with van der Waals surface area (Å²) in [6, 6.07) is 0. The number of β-lactam (4-membered cyclic amide) rings is 1. The topological polar surface area (TPSA) is 37.4 Å². The molecule has 3 unspecified atom stereocenters. The van der Waals surface area contributed by atoms with Crippen LogP contribution in [-0.4, -0.2) is 22.3 Å². The first-order chi connectivity index (χ1) is 7.54. The van der Waals surface area contributed by atoms with Crippen LogP contribution in [0.1, 0.15) is 39.0 Å². The molecular weight excluding hydrogens is 202 g/mol. The highest BCUT2D eigenvalue weighted by molar-refractivity contribution is 6.08. The molecule has 3 heteroatoms. The van der Waals surface area contributed by atoms with Crippen LogP contribution in [0.3, 0.4) is 0 Å². The summed E-state index contributed by atoms with van der Waals surface area (Å²) in [6.07, 6.45) is 5.33. The van der Waals surface area contributed by atoms with Crippen LogP contribution in [0.4, 0.5) is 0 Å². The number of hydrogen-bond donors (Lipinski definition) is 0. The Morgan fingerprint density at radius 1 is 1.50 bits per heavy atom. The minimum atomic E-state index is -0.149. The Kier molecular flexibility index (Phi) is 1.86. The Balaban J connectivity index is 1.90. The van der Waals surface area contributed by atoms with Gasteiger partial charge in [-0.05, 0) is 44.4 Å². The molecule has 2 bridgehead atoms. The summed E-state index contributed by atoms with van der Waals surface area (Å²) in [7, 11) is 0. The molecule has 0 radical (unpaired) electrons. The molecule has 0 aromatic carbocycles. The van der Waals surface area contributed by atoms with E-state index in [0.29, 0.717) is 17.9 Å². The van der Waals surface area contributed by atoms with Crippen molar-refractivity contribution in [2.45, 2.75) is 44.6 Å². The molecule has 2 saturated carbocycles. The standard InChI is InChI=1S/C13H17NO2/c1-8(2)12(16)14-11(15)7-13(14)6-9-3-4-10(13)5-9/h9-10H,1,3-7H2,2H3. The average molecular weight is 219 g/mol. The van der Waals surface area contributed by atoms with Gasteiger partial charge in [0.1, 0.15) is 0 Å². The Morgan fingerprint density at radius 3 is 2.69 bits per heavy atom. The Morgan fingerprint density at radius 2 is 2.25 bits per heavy atom. The van der Waals surface area contributed by atoms with Gasteiger partial charge in [0.05, 0.1) is 12.0 Å². The summed E-state index contributed by atoms with van der Waals surface area (Å²) in [6.45, 7) is 5.35. The molecule has 0 N–H and O–H groups in total. The summed E-state index contributed by atoms with van der Waals surface area (Å²) in [4.78, 5) is 25.2. The van der Waals surface area contributed by atoms with Crippen LogP contribution in [0.2, 0.25) is 0 Å². The third kappa shape index (κ3) is 1.04. The first-order valence-corrected chi connectivity index (χ1v) is 6.07. The lowest BCUT2D eigenvalue weighted by Gasteiger charge is -2.53. The SMILES string of the molecule is C=C(C)C(=O)N1C(=O)CC12CC1CCC2C1. The van der Waals surface area contributed by atoms with E-state index in [1.807, 2.05) is 0 Å². The number of hydrogen-bond acceptors (Lipinski definition) is 2. The van der Waals surface area contributed by atoms with Gasteiger partial charge in [0.25, 0.3) is 5.91 Å². The van der Waals surface area contributed by atoms with Crippen molar-refractivity contribution in [1.82, 2.24) is 4.90 Å². The van der Waals surface area contributed by atoms with E-state index in [1.165, 1.54) is 24.2 Å². The monoisotopic (exact) mass is 219 g/mol. The molecule has 3 nitrogen and oxygen atoms in total. The van der Waals surface area contributed by atoms with Crippen molar-refractivity contribution in [3.8, 4) is 0 Å². The van der Waals surface area contributed by atoms with Gasteiger partial charge in [-0.3, -0.25) is 14.5 Å². The first-order valence-electron chi connectivity index (χ1n) is 6.07. The molecule has 3 atom stereocenters. The van der Waals surface area contributed by atoms with Gasteiger partial charge >= 0.3 is 0 Å². The zero-order valence-electron chi connectivity index (χ0n) is 9.66. The maximum atomic E-state index is 12.0. The van der Waals surface area contributed by atoms with E-state index in [2.05, 4.69) is 6.58 Å². The lowest BCUT2D eigenvalue weighted by molar-refractivity contribution is -0.170. The number of carbonyl (C=O) groups is 2. The van der Waals surface area contributed by atoms with E-state index in [9.17, 15) is 9.59 Å². The van der Waals surface area contributed by atoms with Crippen LogP contribution in [0.15, 0.2) is 12.2 Å². The molecule has 3 aliphatic rings. The lowest BCUT2D eigenvalue weighted by Crippen LogP contribution is -2.68. The molecule has 1 aliphatic heterocycles. The van der Waals surface area contributed by atoms with Gasteiger partial charge in [0.2, 0.25) is 5.91 Å². The second kappa shape index (κ2) is 2.96. The van der Waals surface area contributed by atoms with Crippen molar-refractivity contribution in [1.29, 1.82) is 0 Å². The van der Waals surface area contributed by atoms with Crippen molar-refractivity contribution < 1.29 is 9.59 Å². The van der Waals surface area contributed by atoms with Gasteiger partial charge in [0, 0.05) is 5.57 Å². The zero-order chi connectivity index (χ0) is 11.5. The van der Waals surface area contributed by atoms with Crippen LogP contribution < -0.4 is 0 Å². The van der Waals surface area contributed by atoms with E-state index in [0.717, 1.165) is 12.3 Å². The fourth-order valence-corrected chi connectivity index (χ4v) is 3.99. The van der Waals surface area contributed by atoms with Gasteiger partial charge in [-0.25, -0.2) is 0 Å². The molecule has 86 valence electrons. The molecule has 2 aliphatic carbocycles. The predicted molar refractivity (Wildman–Crippen MR) is 59.5 cm³/mol. The quantitative estimate of drug-likeness (QED) is 0.499. The Hall–Kier alpha value is -1.12. The number of fused-ring (bicyclic) bond motifs is 3. The van der Waals surface area contributed by atoms with E-state index in [1.54, 1.807) is 6.92 Å². The highest BCUT2D eigenvalue weighted by Gasteiger charge is 2.63. The van der Waals surface area contributed by atoms with Crippen LogP contribution >= 0.6 is 0 Å². The molecule has 3 fully saturated rings. The van der Waals surface area contributed by atoms with Crippen LogP contribution in [0.25, 0.3) is 0 Å². The Bertz CT molecular complexity index is 401. The zero-order valence-corrected chi connectivity index (χ0v) is 9.66. The normalized spacial score (nSPS) is 40.3.